The Kier molecular flexibility index (Phi) is 2.90. The number of aromatic amines is 1. The molecule has 1 aromatic carbocycles. The molecule has 3 nitrogen and oxygen atoms in total. The van der Waals surface area contributed by atoms with Gasteiger partial charge in [-0.3, -0.25) is 4.57 Å². The van der Waals surface area contributed by atoms with Crippen LogP contribution in [0.3, 0.4) is 0 Å². The summed E-state index contributed by atoms with van der Waals surface area (Å²) in [7, 11) is 0. The molecule has 0 aliphatic carbocycles. The molecular formula is C12H7FIN3S. The van der Waals surface area contributed by atoms with E-state index in [4.69, 9.17) is 12.2 Å². The highest BCUT2D eigenvalue weighted by atomic mass is 127. The highest BCUT2D eigenvalue weighted by molar-refractivity contribution is 14.1. The van der Waals surface area contributed by atoms with Crippen LogP contribution in [0.5, 0.6) is 0 Å². The van der Waals surface area contributed by atoms with Gasteiger partial charge in [0.1, 0.15) is 5.82 Å². The van der Waals surface area contributed by atoms with Crippen LogP contribution in [0.1, 0.15) is 0 Å². The monoisotopic (exact) mass is 371 g/mol. The molecule has 0 atom stereocenters. The lowest BCUT2D eigenvalue weighted by Crippen LogP contribution is -1.98. The molecule has 0 fully saturated rings. The predicted octanol–water partition coefficient (Wildman–Crippen LogP) is 3.83. The highest BCUT2D eigenvalue weighted by Crippen LogP contribution is 2.22. The van der Waals surface area contributed by atoms with Crippen molar-refractivity contribution < 1.29 is 4.39 Å². The Bertz CT molecular complexity index is 793. The normalized spacial score (nSPS) is 11.0. The number of halogens is 2. The maximum Gasteiger partial charge on any atom is 0.184 e. The number of aromatic nitrogens is 3. The molecule has 2 heterocycles. The van der Waals surface area contributed by atoms with Gasteiger partial charge < -0.3 is 4.98 Å². The van der Waals surface area contributed by atoms with Crippen LogP contribution in [-0.4, -0.2) is 14.5 Å². The summed E-state index contributed by atoms with van der Waals surface area (Å²) in [5.41, 5.74) is 2.43. The van der Waals surface area contributed by atoms with E-state index in [9.17, 15) is 4.39 Å². The van der Waals surface area contributed by atoms with E-state index in [1.807, 2.05) is 16.7 Å². The molecule has 0 aliphatic rings. The number of fused-ring (bicyclic) bond motifs is 1. The third-order valence-electron chi connectivity index (χ3n) is 2.59. The van der Waals surface area contributed by atoms with E-state index in [0.717, 1.165) is 20.4 Å². The van der Waals surface area contributed by atoms with E-state index in [1.54, 1.807) is 12.3 Å². The van der Waals surface area contributed by atoms with Gasteiger partial charge in [0.25, 0.3) is 0 Å². The SMILES string of the molecule is Fc1ccc(-n2c(=S)[nH]c3cccnc32)c(I)c1. The van der Waals surface area contributed by atoms with Gasteiger partial charge in [0.2, 0.25) is 0 Å². The first-order chi connectivity index (χ1) is 8.66. The number of pyridine rings is 1. The zero-order valence-electron chi connectivity index (χ0n) is 9.02. The summed E-state index contributed by atoms with van der Waals surface area (Å²) in [6.45, 7) is 0. The van der Waals surface area contributed by atoms with Crippen LogP contribution in [-0.2, 0) is 0 Å². The van der Waals surface area contributed by atoms with Gasteiger partial charge >= 0.3 is 0 Å². The third kappa shape index (κ3) is 1.85. The zero-order valence-corrected chi connectivity index (χ0v) is 12.0. The first kappa shape index (κ1) is 11.8. The van der Waals surface area contributed by atoms with E-state index < -0.39 is 0 Å². The van der Waals surface area contributed by atoms with Crippen molar-refractivity contribution in [3.63, 3.8) is 0 Å². The summed E-state index contributed by atoms with van der Waals surface area (Å²) in [6, 6.07) is 8.34. The van der Waals surface area contributed by atoms with Crippen molar-refractivity contribution >= 4 is 46.0 Å². The molecule has 1 N–H and O–H groups in total. The minimum Gasteiger partial charge on any atom is -0.329 e. The van der Waals surface area contributed by atoms with Crippen LogP contribution in [0.25, 0.3) is 16.9 Å². The van der Waals surface area contributed by atoms with Crippen molar-refractivity contribution in [3.05, 3.63) is 50.7 Å². The van der Waals surface area contributed by atoms with Crippen molar-refractivity contribution in [2.45, 2.75) is 0 Å². The molecule has 0 radical (unpaired) electrons. The van der Waals surface area contributed by atoms with Crippen LogP contribution >= 0.6 is 34.8 Å². The van der Waals surface area contributed by atoms with Gasteiger partial charge in [-0.2, -0.15) is 0 Å². The summed E-state index contributed by atoms with van der Waals surface area (Å²) in [4.78, 5) is 7.40. The van der Waals surface area contributed by atoms with Crippen LogP contribution in [0, 0.1) is 14.2 Å². The predicted molar refractivity (Wildman–Crippen MR) is 78.9 cm³/mol. The lowest BCUT2D eigenvalue weighted by atomic mass is 10.3. The number of rotatable bonds is 1. The molecule has 90 valence electrons. The van der Waals surface area contributed by atoms with Crippen LogP contribution in [0.4, 0.5) is 4.39 Å². The topological polar surface area (TPSA) is 33.6 Å². The molecule has 0 aliphatic heterocycles. The average molecular weight is 371 g/mol. The van der Waals surface area contributed by atoms with Gasteiger partial charge in [-0.1, -0.05) is 0 Å². The minimum atomic E-state index is -0.262. The second-order valence-corrected chi connectivity index (χ2v) is 5.28. The Labute approximate surface area is 121 Å². The average Bonchev–Trinajstić information content (AvgIpc) is 2.66. The standard InChI is InChI=1S/C12H7FIN3S/c13-7-3-4-10(8(14)6-7)17-11-9(16-12(17)18)2-1-5-15-11/h1-6H,(H,16,18). The molecule has 3 aromatic rings. The third-order valence-corrected chi connectivity index (χ3v) is 3.74. The van der Waals surface area contributed by atoms with E-state index in [1.165, 1.54) is 12.1 Å². The zero-order chi connectivity index (χ0) is 12.7. The van der Waals surface area contributed by atoms with Gasteiger partial charge in [0, 0.05) is 9.77 Å². The maximum atomic E-state index is 13.1. The minimum absolute atomic E-state index is 0.262. The van der Waals surface area contributed by atoms with Crippen molar-refractivity contribution in [3.8, 4) is 5.69 Å². The van der Waals surface area contributed by atoms with Crippen molar-refractivity contribution in [2.75, 3.05) is 0 Å². The number of H-pyrrole nitrogens is 1. The van der Waals surface area contributed by atoms with Gasteiger partial charge in [-0.25, -0.2) is 9.37 Å². The lowest BCUT2D eigenvalue weighted by Gasteiger charge is -2.06. The van der Waals surface area contributed by atoms with Gasteiger partial charge in [-0.15, -0.1) is 0 Å². The molecule has 6 heteroatoms. The number of nitrogens with one attached hydrogen (secondary N) is 1. The second-order valence-electron chi connectivity index (χ2n) is 3.74. The molecule has 18 heavy (non-hydrogen) atoms. The fourth-order valence-electron chi connectivity index (χ4n) is 1.83. The Morgan fingerprint density at radius 1 is 1.33 bits per heavy atom. The molecule has 0 spiro atoms. The summed E-state index contributed by atoms with van der Waals surface area (Å²) < 4.78 is 16.3. The van der Waals surface area contributed by atoms with Crippen LogP contribution in [0.15, 0.2) is 36.5 Å². The van der Waals surface area contributed by atoms with E-state index in [2.05, 4.69) is 32.6 Å². The largest absolute Gasteiger partial charge is 0.329 e. The molecular weight excluding hydrogens is 364 g/mol. The second kappa shape index (κ2) is 4.43. The first-order valence-electron chi connectivity index (χ1n) is 5.18. The summed E-state index contributed by atoms with van der Waals surface area (Å²) >= 11 is 7.39. The Morgan fingerprint density at radius 2 is 2.17 bits per heavy atom. The molecule has 0 bridgehead atoms. The number of hydrogen-bond acceptors (Lipinski definition) is 2. The molecule has 0 saturated heterocycles. The summed E-state index contributed by atoms with van der Waals surface area (Å²) in [5, 5.41) is 0. The Balaban J connectivity index is 2.38. The lowest BCUT2D eigenvalue weighted by molar-refractivity contribution is 0.626. The van der Waals surface area contributed by atoms with E-state index in [0.29, 0.717) is 4.77 Å². The molecule has 2 aromatic heterocycles. The summed E-state index contributed by atoms with van der Waals surface area (Å²) in [5.74, 6) is -0.262. The number of nitrogens with zero attached hydrogens (tertiary/aromatic N) is 2. The molecule has 0 unspecified atom stereocenters. The van der Waals surface area contributed by atoms with Crippen LogP contribution in [0.2, 0.25) is 0 Å². The number of imidazole rings is 1. The maximum absolute atomic E-state index is 13.1. The van der Waals surface area contributed by atoms with Crippen molar-refractivity contribution in [2.24, 2.45) is 0 Å². The Morgan fingerprint density at radius 3 is 2.94 bits per heavy atom. The van der Waals surface area contributed by atoms with Gasteiger partial charge in [0.05, 0.1) is 11.2 Å². The van der Waals surface area contributed by atoms with Crippen molar-refractivity contribution in [1.82, 2.24) is 14.5 Å². The van der Waals surface area contributed by atoms with Crippen LogP contribution < -0.4 is 0 Å². The quantitative estimate of drug-likeness (QED) is 0.521. The number of benzene rings is 1. The fourth-order valence-corrected chi connectivity index (χ4v) is 2.84. The van der Waals surface area contributed by atoms with E-state index in [-0.39, 0.29) is 5.82 Å². The molecule has 0 saturated carbocycles. The fraction of sp³-hybridized carbons (Fsp3) is 0. The van der Waals surface area contributed by atoms with Gasteiger partial charge in [0.15, 0.2) is 10.4 Å². The smallest absolute Gasteiger partial charge is 0.184 e. The Hall–Kier alpha value is -1.28. The highest BCUT2D eigenvalue weighted by Gasteiger charge is 2.10. The summed E-state index contributed by atoms with van der Waals surface area (Å²) in [6.07, 6.45) is 1.71. The molecule has 3 rings (SSSR count). The molecule has 0 amide bonds. The van der Waals surface area contributed by atoms with E-state index >= 15 is 0 Å². The van der Waals surface area contributed by atoms with Crippen molar-refractivity contribution in [1.29, 1.82) is 0 Å². The first-order valence-corrected chi connectivity index (χ1v) is 6.67. The van der Waals surface area contributed by atoms with Gasteiger partial charge in [-0.05, 0) is 65.1 Å². The number of hydrogen-bond donors (Lipinski definition) is 1.